The minimum absolute atomic E-state index is 0.299. The summed E-state index contributed by atoms with van der Waals surface area (Å²) in [5.74, 6) is 0.626. The molecular weight excluding hydrogens is 180 g/mol. The minimum atomic E-state index is -0.432. The molecule has 4 nitrogen and oxygen atoms in total. The summed E-state index contributed by atoms with van der Waals surface area (Å²) in [7, 11) is 1.03. The Morgan fingerprint density at radius 2 is 2.42 bits per heavy atom. The molecule has 0 saturated heterocycles. The minimum Gasteiger partial charge on any atom is -0.535 e. The van der Waals surface area contributed by atoms with Crippen LogP contribution in [-0.4, -0.2) is 24.8 Å². The monoisotopic (exact) mass is 187 g/mol. The fourth-order valence-corrected chi connectivity index (χ4v) is 0.882. The molecule has 0 saturated carbocycles. The first-order chi connectivity index (χ1) is 5.77. The van der Waals surface area contributed by atoms with E-state index in [1.54, 1.807) is 0 Å². The third-order valence-electron chi connectivity index (χ3n) is 1.20. The SMILES string of the molecule is COc1ncc(Cl)cc1OBO. The highest BCUT2D eigenvalue weighted by molar-refractivity contribution is 6.30. The Hall–Kier alpha value is -0.935. The van der Waals surface area contributed by atoms with Gasteiger partial charge in [-0.25, -0.2) is 4.98 Å². The molecule has 1 rings (SSSR count). The number of halogens is 1. The number of methoxy groups -OCH3 is 1. The van der Waals surface area contributed by atoms with Gasteiger partial charge < -0.3 is 14.4 Å². The van der Waals surface area contributed by atoms with Crippen molar-refractivity contribution >= 4 is 19.3 Å². The molecular formula is C6H7BClNO3. The molecule has 0 fully saturated rings. The number of pyridine rings is 1. The van der Waals surface area contributed by atoms with Gasteiger partial charge in [-0.15, -0.1) is 0 Å². The fourth-order valence-electron chi connectivity index (χ4n) is 0.734. The Morgan fingerprint density at radius 1 is 1.67 bits per heavy atom. The summed E-state index contributed by atoms with van der Waals surface area (Å²) in [6, 6.07) is 1.52. The van der Waals surface area contributed by atoms with Gasteiger partial charge in [0.05, 0.1) is 12.1 Å². The van der Waals surface area contributed by atoms with Crippen molar-refractivity contribution in [1.29, 1.82) is 0 Å². The van der Waals surface area contributed by atoms with Gasteiger partial charge >= 0.3 is 7.69 Å². The van der Waals surface area contributed by atoms with Gasteiger partial charge in [0.25, 0.3) is 5.88 Å². The van der Waals surface area contributed by atoms with E-state index in [-0.39, 0.29) is 0 Å². The number of aromatic nitrogens is 1. The molecule has 0 aliphatic rings. The number of hydrogen-bond donors (Lipinski definition) is 1. The molecule has 0 radical (unpaired) electrons. The predicted molar refractivity (Wildman–Crippen MR) is 45.8 cm³/mol. The highest BCUT2D eigenvalue weighted by Gasteiger charge is 2.05. The quantitative estimate of drug-likeness (QED) is 0.695. The molecule has 64 valence electrons. The lowest BCUT2D eigenvalue weighted by Crippen LogP contribution is -2.02. The van der Waals surface area contributed by atoms with Crippen LogP contribution < -0.4 is 9.39 Å². The maximum Gasteiger partial charge on any atom is 0.504 e. The Kier molecular flexibility index (Phi) is 3.19. The molecule has 0 amide bonds. The van der Waals surface area contributed by atoms with Crippen LogP contribution >= 0.6 is 11.6 Å². The third kappa shape index (κ3) is 2.02. The second-order valence-corrected chi connectivity index (χ2v) is 2.37. The molecule has 0 aromatic carbocycles. The second-order valence-electron chi connectivity index (χ2n) is 1.93. The van der Waals surface area contributed by atoms with Crippen molar-refractivity contribution < 1.29 is 14.4 Å². The van der Waals surface area contributed by atoms with E-state index in [0.29, 0.717) is 16.7 Å². The average Bonchev–Trinajstić information content (AvgIpc) is 2.05. The molecule has 12 heavy (non-hydrogen) atoms. The van der Waals surface area contributed by atoms with Crippen molar-refractivity contribution in [3.8, 4) is 11.6 Å². The van der Waals surface area contributed by atoms with E-state index in [9.17, 15) is 0 Å². The fraction of sp³-hybridized carbons (Fsp3) is 0.167. The average molecular weight is 187 g/mol. The maximum absolute atomic E-state index is 8.48. The van der Waals surface area contributed by atoms with Crippen molar-refractivity contribution in [3.63, 3.8) is 0 Å². The van der Waals surface area contributed by atoms with E-state index >= 15 is 0 Å². The van der Waals surface area contributed by atoms with Crippen LogP contribution in [0.3, 0.4) is 0 Å². The molecule has 0 aliphatic heterocycles. The summed E-state index contributed by atoms with van der Waals surface area (Å²) >= 11 is 5.63. The predicted octanol–water partition coefficient (Wildman–Crippen LogP) is 0.381. The zero-order valence-electron chi connectivity index (χ0n) is 6.45. The first kappa shape index (κ1) is 9.16. The first-order valence-electron chi connectivity index (χ1n) is 3.21. The van der Waals surface area contributed by atoms with Crippen LogP contribution in [0.5, 0.6) is 11.6 Å². The van der Waals surface area contributed by atoms with E-state index in [0.717, 1.165) is 0 Å². The van der Waals surface area contributed by atoms with Crippen LogP contribution in [-0.2, 0) is 0 Å². The van der Waals surface area contributed by atoms with Gasteiger partial charge in [0.1, 0.15) is 0 Å². The summed E-state index contributed by atoms with van der Waals surface area (Å²) in [6.45, 7) is 0. The topological polar surface area (TPSA) is 51.6 Å². The van der Waals surface area contributed by atoms with Crippen LogP contribution in [0, 0.1) is 0 Å². The van der Waals surface area contributed by atoms with Gasteiger partial charge in [0, 0.05) is 12.3 Å². The highest BCUT2D eigenvalue weighted by Crippen LogP contribution is 2.26. The molecule has 6 heteroatoms. The van der Waals surface area contributed by atoms with E-state index in [1.165, 1.54) is 19.4 Å². The normalized spacial score (nSPS) is 9.25. The molecule has 1 aromatic heterocycles. The summed E-state index contributed by atoms with van der Waals surface area (Å²) in [4.78, 5) is 3.83. The number of nitrogens with zero attached hydrogens (tertiary/aromatic N) is 1. The van der Waals surface area contributed by atoms with Crippen LogP contribution in [0.2, 0.25) is 5.02 Å². The van der Waals surface area contributed by atoms with E-state index in [2.05, 4.69) is 4.98 Å². The third-order valence-corrected chi connectivity index (χ3v) is 1.41. The molecule has 1 aromatic rings. The van der Waals surface area contributed by atoms with Crippen molar-refractivity contribution in [3.05, 3.63) is 17.3 Å². The highest BCUT2D eigenvalue weighted by atomic mass is 35.5. The Balaban J connectivity index is 2.95. The summed E-state index contributed by atoms with van der Waals surface area (Å²) in [6.07, 6.45) is 1.44. The van der Waals surface area contributed by atoms with Gasteiger partial charge in [-0.1, -0.05) is 11.6 Å². The Bertz CT molecular complexity index is 271. The smallest absolute Gasteiger partial charge is 0.504 e. The van der Waals surface area contributed by atoms with Crippen molar-refractivity contribution in [2.24, 2.45) is 0 Å². The van der Waals surface area contributed by atoms with Gasteiger partial charge in [0.15, 0.2) is 5.75 Å². The zero-order valence-corrected chi connectivity index (χ0v) is 7.21. The maximum atomic E-state index is 8.48. The molecule has 1 N–H and O–H groups in total. The van der Waals surface area contributed by atoms with Crippen molar-refractivity contribution in [2.75, 3.05) is 7.11 Å². The van der Waals surface area contributed by atoms with E-state index in [1.807, 2.05) is 0 Å². The zero-order chi connectivity index (χ0) is 8.97. The molecule has 1 heterocycles. The standard InChI is InChI=1S/C6H7BClNO3/c1-11-6-5(12-7-10)2-4(8)3-9-6/h2-3,7,10H,1H3. The molecule has 0 unspecified atom stereocenters. The van der Waals surface area contributed by atoms with Crippen LogP contribution in [0.4, 0.5) is 0 Å². The summed E-state index contributed by atoms with van der Waals surface area (Å²) in [5.41, 5.74) is 0. The molecule has 0 bridgehead atoms. The lowest BCUT2D eigenvalue weighted by atomic mass is 10.3. The van der Waals surface area contributed by atoms with Gasteiger partial charge in [-0.05, 0) is 0 Å². The molecule has 0 atom stereocenters. The van der Waals surface area contributed by atoms with Crippen LogP contribution in [0.25, 0.3) is 0 Å². The van der Waals surface area contributed by atoms with E-state index in [4.69, 9.17) is 26.0 Å². The molecule has 0 aliphatic carbocycles. The number of hydrogen-bond acceptors (Lipinski definition) is 4. The summed E-state index contributed by atoms with van der Waals surface area (Å²) in [5, 5.41) is 8.91. The largest absolute Gasteiger partial charge is 0.535 e. The van der Waals surface area contributed by atoms with Crippen LogP contribution in [0.1, 0.15) is 0 Å². The lowest BCUT2D eigenvalue weighted by molar-refractivity contribution is 0.367. The van der Waals surface area contributed by atoms with E-state index < -0.39 is 7.69 Å². The van der Waals surface area contributed by atoms with Gasteiger partial charge in [0.2, 0.25) is 0 Å². The van der Waals surface area contributed by atoms with Crippen LogP contribution in [0.15, 0.2) is 12.3 Å². The van der Waals surface area contributed by atoms with Gasteiger partial charge in [-0.3, -0.25) is 0 Å². The summed E-state index contributed by atoms with van der Waals surface area (Å²) < 4.78 is 9.64. The van der Waals surface area contributed by atoms with Crippen molar-refractivity contribution in [2.45, 2.75) is 0 Å². The Morgan fingerprint density at radius 3 is 3.00 bits per heavy atom. The van der Waals surface area contributed by atoms with Crippen molar-refractivity contribution in [1.82, 2.24) is 4.98 Å². The first-order valence-corrected chi connectivity index (χ1v) is 3.59. The number of ether oxygens (including phenoxy) is 1. The lowest BCUT2D eigenvalue weighted by Gasteiger charge is -2.06. The Labute approximate surface area is 75.4 Å². The second kappa shape index (κ2) is 4.18. The number of rotatable bonds is 3. The molecule has 0 spiro atoms. The van der Waals surface area contributed by atoms with Gasteiger partial charge in [-0.2, -0.15) is 0 Å².